The van der Waals surface area contributed by atoms with Crippen LogP contribution < -0.4 is 5.32 Å². The summed E-state index contributed by atoms with van der Waals surface area (Å²) < 4.78 is 0. The largest absolute Gasteiger partial charge is 0.355 e. The van der Waals surface area contributed by atoms with Crippen molar-refractivity contribution in [2.75, 3.05) is 12.4 Å². The van der Waals surface area contributed by atoms with Gasteiger partial charge in [0.2, 0.25) is 5.82 Å². The molecule has 0 spiro atoms. The lowest BCUT2D eigenvalue weighted by Gasteiger charge is -2.01. The van der Waals surface area contributed by atoms with Crippen LogP contribution in [0.15, 0.2) is 18.2 Å². The van der Waals surface area contributed by atoms with Gasteiger partial charge in [-0.05, 0) is 18.2 Å². The van der Waals surface area contributed by atoms with E-state index < -0.39 is 0 Å². The number of halogens is 2. The lowest BCUT2D eigenvalue weighted by molar-refractivity contribution is 0.872. The van der Waals surface area contributed by atoms with Gasteiger partial charge in [0.05, 0.1) is 10.0 Å². The Hall–Kier alpha value is -1.46. The van der Waals surface area contributed by atoms with Crippen LogP contribution in [0.2, 0.25) is 10.0 Å². The second-order valence-corrected chi connectivity index (χ2v) is 3.74. The molecule has 2 aromatic rings. The van der Waals surface area contributed by atoms with Gasteiger partial charge in [-0.15, -0.1) is 20.4 Å². The van der Waals surface area contributed by atoms with Crippen LogP contribution in [0, 0.1) is 0 Å². The molecule has 0 aliphatic heterocycles. The molecule has 0 saturated heterocycles. The van der Waals surface area contributed by atoms with E-state index >= 15 is 0 Å². The van der Waals surface area contributed by atoms with Crippen LogP contribution in [0.3, 0.4) is 0 Å². The summed E-state index contributed by atoms with van der Waals surface area (Å²) in [6.45, 7) is 0. The first-order valence-corrected chi connectivity index (χ1v) is 5.17. The molecule has 0 aliphatic rings. The summed E-state index contributed by atoms with van der Waals surface area (Å²) >= 11 is 11.7. The average Bonchev–Trinajstić information content (AvgIpc) is 2.33. The van der Waals surface area contributed by atoms with Crippen molar-refractivity contribution in [1.82, 2.24) is 20.4 Å². The minimum Gasteiger partial charge on any atom is -0.355 e. The molecular weight excluding hydrogens is 249 g/mol. The molecule has 82 valence electrons. The number of nitrogens with one attached hydrogen (secondary N) is 1. The van der Waals surface area contributed by atoms with E-state index in [0.29, 0.717) is 21.8 Å². The van der Waals surface area contributed by atoms with E-state index in [9.17, 15) is 0 Å². The number of rotatable bonds is 2. The molecule has 1 heterocycles. The number of anilines is 1. The van der Waals surface area contributed by atoms with E-state index in [1.165, 1.54) is 0 Å². The van der Waals surface area contributed by atoms with E-state index in [0.717, 1.165) is 5.56 Å². The number of benzene rings is 1. The van der Waals surface area contributed by atoms with Crippen LogP contribution in [0.5, 0.6) is 0 Å². The SMILES string of the molecule is CNc1nnc(-c2ccc(Cl)c(Cl)c2)nn1. The van der Waals surface area contributed by atoms with E-state index in [4.69, 9.17) is 23.2 Å². The Morgan fingerprint density at radius 3 is 2.25 bits per heavy atom. The van der Waals surface area contributed by atoms with Gasteiger partial charge in [-0.2, -0.15) is 0 Å². The Morgan fingerprint density at radius 2 is 1.69 bits per heavy atom. The van der Waals surface area contributed by atoms with Crippen LogP contribution in [0.4, 0.5) is 5.95 Å². The minimum absolute atomic E-state index is 0.365. The predicted molar refractivity (Wildman–Crippen MR) is 62.6 cm³/mol. The molecule has 0 amide bonds. The van der Waals surface area contributed by atoms with Gasteiger partial charge in [-0.25, -0.2) is 0 Å². The molecule has 0 aliphatic carbocycles. The Kier molecular flexibility index (Phi) is 3.17. The maximum absolute atomic E-state index is 5.88. The summed E-state index contributed by atoms with van der Waals surface area (Å²) in [5.74, 6) is 0.765. The molecule has 0 unspecified atom stereocenters. The second-order valence-electron chi connectivity index (χ2n) is 2.93. The molecule has 0 radical (unpaired) electrons. The summed E-state index contributed by atoms with van der Waals surface area (Å²) in [6.07, 6.45) is 0. The fourth-order valence-corrected chi connectivity index (χ4v) is 1.38. The van der Waals surface area contributed by atoms with E-state index in [1.807, 2.05) is 0 Å². The summed E-state index contributed by atoms with van der Waals surface area (Å²) in [6, 6.07) is 5.10. The Labute approximate surface area is 102 Å². The predicted octanol–water partition coefficient (Wildman–Crippen LogP) is 2.28. The first-order valence-electron chi connectivity index (χ1n) is 4.41. The monoisotopic (exact) mass is 255 g/mol. The van der Waals surface area contributed by atoms with Gasteiger partial charge in [-0.1, -0.05) is 23.2 Å². The third-order valence-electron chi connectivity index (χ3n) is 1.88. The summed E-state index contributed by atoms with van der Waals surface area (Å²) in [5.41, 5.74) is 0.719. The van der Waals surface area contributed by atoms with Crippen molar-refractivity contribution in [2.24, 2.45) is 0 Å². The maximum atomic E-state index is 5.88. The lowest BCUT2D eigenvalue weighted by atomic mass is 10.2. The third-order valence-corrected chi connectivity index (χ3v) is 2.62. The van der Waals surface area contributed by atoms with Gasteiger partial charge in [0.15, 0.2) is 0 Å². The van der Waals surface area contributed by atoms with Crippen molar-refractivity contribution < 1.29 is 0 Å². The molecular formula is C9H7Cl2N5. The molecule has 2 rings (SSSR count). The van der Waals surface area contributed by atoms with Gasteiger partial charge in [0.25, 0.3) is 5.95 Å². The number of hydrogen-bond acceptors (Lipinski definition) is 5. The van der Waals surface area contributed by atoms with Gasteiger partial charge >= 0.3 is 0 Å². The number of hydrogen-bond donors (Lipinski definition) is 1. The van der Waals surface area contributed by atoms with Crippen LogP contribution in [-0.2, 0) is 0 Å². The topological polar surface area (TPSA) is 63.6 Å². The normalized spacial score (nSPS) is 10.2. The quantitative estimate of drug-likeness (QED) is 0.892. The van der Waals surface area contributed by atoms with Gasteiger partial charge in [0.1, 0.15) is 0 Å². The van der Waals surface area contributed by atoms with Crippen molar-refractivity contribution in [2.45, 2.75) is 0 Å². The van der Waals surface area contributed by atoms with Crippen molar-refractivity contribution in [3.05, 3.63) is 28.2 Å². The summed E-state index contributed by atoms with van der Waals surface area (Å²) in [5, 5.41) is 19.1. The highest BCUT2D eigenvalue weighted by Gasteiger charge is 2.06. The molecule has 1 aromatic carbocycles. The first-order chi connectivity index (χ1) is 7.70. The molecule has 1 aromatic heterocycles. The van der Waals surface area contributed by atoms with Crippen LogP contribution in [0.1, 0.15) is 0 Å². The zero-order valence-corrected chi connectivity index (χ0v) is 9.79. The van der Waals surface area contributed by atoms with Crippen molar-refractivity contribution in [1.29, 1.82) is 0 Å². The molecule has 16 heavy (non-hydrogen) atoms. The zero-order chi connectivity index (χ0) is 11.5. The second kappa shape index (κ2) is 4.59. The Bertz CT molecular complexity index is 500. The fourth-order valence-electron chi connectivity index (χ4n) is 1.08. The molecule has 0 bridgehead atoms. The molecule has 0 saturated carbocycles. The van der Waals surface area contributed by atoms with Gasteiger partial charge in [0, 0.05) is 12.6 Å². The molecule has 0 atom stereocenters. The molecule has 0 fully saturated rings. The number of nitrogens with zero attached hydrogens (tertiary/aromatic N) is 4. The third kappa shape index (κ3) is 2.20. The van der Waals surface area contributed by atoms with Crippen molar-refractivity contribution >= 4 is 29.2 Å². The molecule has 5 nitrogen and oxygen atoms in total. The summed E-state index contributed by atoms with van der Waals surface area (Å²) in [4.78, 5) is 0. The molecule has 7 heteroatoms. The van der Waals surface area contributed by atoms with E-state index in [2.05, 4.69) is 25.7 Å². The minimum atomic E-state index is 0.365. The highest BCUT2D eigenvalue weighted by Crippen LogP contribution is 2.26. The first kappa shape index (κ1) is 11.0. The summed E-state index contributed by atoms with van der Waals surface area (Å²) in [7, 11) is 1.69. The Balaban J connectivity index is 2.38. The van der Waals surface area contributed by atoms with Crippen molar-refractivity contribution in [3.8, 4) is 11.4 Å². The maximum Gasteiger partial charge on any atom is 0.261 e. The molecule has 1 N–H and O–H groups in total. The van der Waals surface area contributed by atoms with E-state index in [-0.39, 0.29) is 0 Å². The average molecular weight is 256 g/mol. The highest BCUT2D eigenvalue weighted by molar-refractivity contribution is 6.42. The lowest BCUT2D eigenvalue weighted by Crippen LogP contribution is -2.02. The van der Waals surface area contributed by atoms with Gasteiger partial charge < -0.3 is 5.32 Å². The smallest absolute Gasteiger partial charge is 0.261 e. The van der Waals surface area contributed by atoms with Crippen molar-refractivity contribution in [3.63, 3.8) is 0 Å². The van der Waals surface area contributed by atoms with E-state index in [1.54, 1.807) is 25.2 Å². The number of aromatic nitrogens is 4. The standard InChI is InChI=1S/C9H7Cl2N5/c1-12-9-15-13-8(14-16-9)5-2-3-6(10)7(11)4-5/h2-4H,1H3,(H,12,15,16). The fraction of sp³-hybridized carbons (Fsp3) is 0.111. The highest BCUT2D eigenvalue weighted by atomic mass is 35.5. The zero-order valence-electron chi connectivity index (χ0n) is 8.28. The van der Waals surface area contributed by atoms with Crippen LogP contribution >= 0.6 is 23.2 Å². The van der Waals surface area contributed by atoms with Crippen LogP contribution in [0.25, 0.3) is 11.4 Å². The van der Waals surface area contributed by atoms with Crippen LogP contribution in [-0.4, -0.2) is 27.4 Å². The Morgan fingerprint density at radius 1 is 1.00 bits per heavy atom. The van der Waals surface area contributed by atoms with Gasteiger partial charge in [-0.3, -0.25) is 0 Å².